The summed E-state index contributed by atoms with van der Waals surface area (Å²) in [6, 6.07) is 11.5. The predicted octanol–water partition coefficient (Wildman–Crippen LogP) is 3.77. The Morgan fingerprint density at radius 2 is 2.00 bits per heavy atom. The molecule has 1 aromatic carbocycles. The number of nitrogens with zero attached hydrogens (tertiary/aromatic N) is 2. The van der Waals surface area contributed by atoms with Crippen molar-refractivity contribution in [3.05, 3.63) is 52.7 Å². The summed E-state index contributed by atoms with van der Waals surface area (Å²) in [5, 5.41) is 19.7. The van der Waals surface area contributed by atoms with Crippen LogP contribution in [0.1, 0.15) is 35.4 Å². The number of aromatic nitrogens is 1. The van der Waals surface area contributed by atoms with Crippen LogP contribution < -0.4 is 0 Å². The van der Waals surface area contributed by atoms with Gasteiger partial charge in [-0.3, -0.25) is 0 Å². The quantitative estimate of drug-likeness (QED) is 0.932. The Labute approximate surface area is 123 Å². The minimum atomic E-state index is -0.573. The van der Waals surface area contributed by atoms with E-state index >= 15 is 0 Å². The lowest BCUT2D eigenvalue weighted by Gasteiger charge is -2.12. The summed E-state index contributed by atoms with van der Waals surface area (Å²) in [6.45, 7) is 5.71. The van der Waals surface area contributed by atoms with Crippen LogP contribution in [0.15, 0.2) is 40.3 Å². The molecule has 1 N–H and O–H groups in total. The molecule has 2 rings (SSSR count). The average molecular weight is 284 g/mol. The second-order valence-electron chi connectivity index (χ2n) is 4.77. The van der Waals surface area contributed by atoms with Crippen LogP contribution in [0.4, 0.5) is 0 Å². The largest absolute Gasteiger partial charge is 0.389 e. The summed E-state index contributed by atoms with van der Waals surface area (Å²) < 4.78 is 0. The molecule has 0 fully saturated rings. The van der Waals surface area contributed by atoms with Gasteiger partial charge in [0.25, 0.3) is 0 Å². The number of aryl methyl sites for hydroxylation is 2. The van der Waals surface area contributed by atoms with Crippen LogP contribution in [0.2, 0.25) is 0 Å². The Hall–Kier alpha value is -1.83. The Kier molecular flexibility index (Phi) is 4.43. The van der Waals surface area contributed by atoms with E-state index in [1.54, 1.807) is 25.1 Å². The van der Waals surface area contributed by atoms with Gasteiger partial charge < -0.3 is 5.11 Å². The molecule has 3 nitrogen and oxygen atoms in total. The maximum atomic E-state index is 9.84. The van der Waals surface area contributed by atoms with E-state index in [0.29, 0.717) is 5.56 Å². The van der Waals surface area contributed by atoms with E-state index < -0.39 is 6.10 Å². The summed E-state index contributed by atoms with van der Waals surface area (Å²) in [7, 11) is 0. The number of nitriles is 1. The highest BCUT2D eigenvalue weighted by molar-refractivity contribution is 7.99. The van der Waals surface area contributed by atoms with E-state index in [0.717, 1.165) is 26.7 Å². The van der Waals surface area contributed by atoms with E-state index in [9.17, 15) is 5.11 Å². The Morgan fingerprint density at radius 1 is 1.25 bits per heavy atom. The second kappa shape index (κ2) is 6.08. The monoisotopic (exact) mass is 284 g/mol. The molecule has 1 atom stereocenters. The summed E-state index contributed by atoms with van der Waals surface area (Å²) in [5.41, 5.74) is 3.51. The van der Waals surface area contributed by atoms with Gasteiger partial charge in [-0.25, -0.2) is 4.98 Å². The first kappa shape index (κ1) is 14.6. The van der Waals surface area contributed by atoms with E-state index in [1.807, 2.05) is 26.0 Å². The molecule has 1 heterocycles. The fraction of sp³-hybridized carbons (Fsp3) is 0.250. The Morgan fingerprint density at radius 3 is 2.60 bits per heavy atom. The third-order valence-corrected chi connectivity index (χ3v) is 3.87. The third-order valence-electron chi connectivity index (χ3n) is 2.88. The second-order valence-corrected chi connectivity index (χ2v) is 5.83. The number of aliphatic hydroxyl groups excluding tert-OH is 1. The van der Waals surface area contributed by atoms with Gasteiger partial charge >= 0.3 is 0 Å². The van der Waals surface area contributed by atoms with Gasteiger partial charge in [0.15, 0.2) is 0 Å². The van der Waals surface area contributed by atoms with Crippen molar-refractivity contribution in [1.82, 2.24) is 4.98 Å². The van der Waals surface area contributed by atoms with Gasteiger partial charge in [-0.05, 0) is 56.2 Å². The first-order valence-electron chi connectivity index (χ1n) is 6.35. The standard InChI is InChI=1S/C16H16N2OS/c1-10-6-11(2)18-16(7-10)20-15-8-13(9-17)4-5-14(15)12(3)19/h4-8,12,19H,1-3H3/t12-/m1/s1. The lowest BCUT2D eigenvalue weighted by molar-refractivity contribution is 0.196. The zero-order valence-corrected chi connectivity index (χ0v) is 12.5. The molecule has 0 aliphatic rings. The smallest absolute Gasteiger partial charge is 0.101 e. The molecule has 1 aromatic heterocycles. The van der Waals surface area contributed by atoms with Crippen molar-refractivity contribution in [2.24, 2.45) is 0 Å². The van der Waals surface area contributed by atoms with Crippen LogP contribution in [-0.4, -0.2) is 10.1 Å². The lowest BCUT2D eigenvalue weighted by atomic mass is 10.1. The first-order chi connectivity index (χ1) is 9.49. The SMILES string of the molecule is Cc1cc(C)nc(Sc2cc(C#N)ccc2[C@@H](C)O)c1. The number of hydrogen-bond donors (Lipinski definition) is 1. The number of benzene rings is 1. The molecule has 0 aliphatic heterocycles. The van der Waals surface area contributed by atoms with Crippen LogP contribution in [0.5, 0.6) is 0 Å². The normalized spacial score (nSPS) is 11.9. The molecule has 0 saturated carbocycles. The highest BCUT2D eigenvalue weighted by Crippen LogP contribution is 2.33. The zero-order chi connectivity index (χ0) is 14.7. The predicted molar refractivity (Wildman–Crippen MR) is 79.6 cm³/mol. The fourth-order valence-electron chi connectivity index (χ4n) is 2.01. The van der Waals surface area contributed by atoms with Crippen LogP contribution in [-0.2, 0) is 0 Å². The van der Waals surface area contributed by atoms with Crippen LogP contribution in [0, 0.1) is 25.2 Å². The van der Waals surface area contributed by atoms with Crippen LogP contribution in [0.25, 0.3) is 0 Å². The van der Waals surface area contributed by atoms with Crippen molar-refractivity contribution < 1.29 is 5.11 Å². The number of pyridine rings is 1. The van der Waals surface area contributed by atoms with Crippen molar-refractivity contribution in [2.45, 2.75) is 36.8 Å². The molecular formula is C16H16N2OS. The van der Waals surface area contributed by atoms with Gasteiger partial charge in [-0.2, -0.15) is 5.26 Å². The van der Waals surface area contributed by atoms with Gasteiger partial charge in [0.1, 0.15) is 5.03 Å². The van der Waals surface area contributed by atoms with Gasteiger partial charge in [0, 0.05) is 10.6 Å². The highest BCUT2D eigenvalue weighted by atomic mass is 32.2. The van der Waals surface area contributed by atoms with Gasteiger partial charge in [-0.1, -0.05) is 17.8 Å². The number of rotatable bonds is 3. The minimum absolute atomic E-state index is 0.573. The molecule has 0 amide bonds. The maximum absolute atomic E-state index is 9.84. The van der Waals surface area contributed by atoms with Crippen LogP contribution >= 0.6 is 11.8 Å². The molecule has 20 heavy (non-hydrogen) atoms. The average Bonchev–Trinajstić information content (AvgIpc) is 2.37. The van der Waals surface area contributed by atoms with Crippen molar-refractivity contribution in [2.75, 3.05) is 0 Å². The lowest BCUT2D eigenvalue weighted by Crippen LogP contribution is -1.96. The van der Waals surface area contributed by atoms with Gasteiger partial charge in [0.2, 0.25) is 0 Å². The van der Waals surface area contributed by atoms with Crippen molar-refractivity contribution in [3.63, 3.8) is 0 Å². The van der Waals surface area contributed by atoms with Crippen LogP contribution in [0.3, 0.4) is 0 Å². The first-order valence-corrected chi connectivity index (χ1v) is 7.16. The van der Waals surface area contributed by atoms with E-state index in [4.69, 9.17) is 5.26 Å². The van der Waals surface area contributed by atoms with Gasteiger partial charge in [-0.15, -0.1) is 0 Å². The molecule has 0 saturated heterocycles. The molecule has 4 heteroatoms. The molecule has 0 unspecified atom stereocenters. The summed E-state index contributed by atoms with van der Waals surface area (Å²) >= 11 is 1.48. The summed E-state index contributed by atoms with van der Waals surface area (Å²) in [4.78, 5) is 5.36. The molecule has 0 spiro atoms. The Balaban J connectivity index is 2.43. The maximum Gasteiger partial charge on any atom is 0.101 e. The summed E-state index contributed by atoms with van der Waals surface area (Å²) in [6.07, 6.45) is -0.573. The summed E-state index contributed by atoms with van der Waals surface area (Å²) in [5.74, 6) is 0. The van der Waals surface area contributed by atoms with E-state index in [1.165, 1.54) is 11.8 Å². The Bertz CT molecular complexity index is 654. The molecule has 0 bridgehead atoms. The molecule has 0 radical (unpaired) electrons. The number of aliphatic hydroxyl groups is 1. The molecular weight excluding hydrogens is 268 g/mol. The van der Waals surface area contributed by atoms with E-state index in [2.05, 4.69) is 11.1 Å². The van der Waals surface area contributed by atoms with Crippen molar-refractivity contribution in [3.8, 4) is 6.07 Å². The minimum Gasteiger partial charge on any atom is -0.389 e. The highest BCUT2D eigenvalue weighted by Gasteiger charge is 2.11. The topological polar surface area (TPSA) is 56.9 Å². The van der Waals surface area contributed by atoms with Gasteiger partial charge in [0.05, 0.1) is 17.7 Å². The van der Waals surface area contributed by atoms with Crippen molar-refractivity contribution in [1.29, 1.82) is 5.26 Å². The molecule has 102 valence electrons. The zero-order valence-electron chi connectivity index (χ0n) is 11.7. The molecule has 0 aliphatic carbocycles. The van der Waals surface area contributed by atoms with Crippen molar-refractivity contribution >= 4 is 11.8 Å². The molecule has 2 aromatic rings. The number of hydrogen-bond acceptors (Lipinski definition) is 4. The van der Waals surface area contributed by atoms with E-state index in [-0.39, 0.29) is 0 Å². The fourth-order valence-corrected chi connectivity index (χ4v) is 3.21. The third kappa shape index (κ3) is 3.38.